The fraction of sp³-hybridized carbons (Fsp3) is 0.701. The second-order valence-corrected chi connectivity index (χ2v) is 23.0. The highest BCUT2D eigenvalue weighted by molar-refractivity contribution is 5.71. The fourth-order valence-electron chi connectivity index (χ4n) is 9.77. The number of unbranched alkanes of at least 4 members (excludes halogenated alkanes) is 32. The molecule has 0 rings (SSSR count). The molecule has 0 aliphatic carbocycles. The Bertz CT molecular complexity index is 1700. The van der Waals surface area contributed by atoms with Gasteiger partial charge in [0.1, 0.15) is 13.2 Å². The Kier molecular flexibility index (Phi) is 66.7. The van der Waals surface area contributed by atoms with E-state index in [1.807, 2.05) is 6.08 Å². The van der Waals surface area contributed by atoms with Crippen LogP contribution < -0.4 is 0 Å². The van der Waals surface area contributed by atoms with Gasteiger partial charge in [-0.3, -0.25) is 14.4 Å². The van der Waals surface area contributed by atoms with Gasteiger partial charge in [-0.2, -0.15) is 0 Å². The van der Waals surface area contributed by atoms with E-state index in [1.165, 1.54) is 186 Å². The average Bonchev–Trinajstić information content (AvgIpc) is 3.49. The fourth-order valence-corrected chi connectivity index (χ4v) is 9.77. The van der Waals surface area contributed by atoms with E-state index in [0.29, 0.717) is 19.3 Å². The Morgan fingerprint density at radius 2 is 0.494 bits per heavy atom. The number of esters is 3. The Morgan fingerprint density at radius 1 is 0.253 bits per heavy atom. The minimum Gasteiger partial charge on any atom is -0.462 e. The van der Waals surface area contributed by atoms with Crippen molar-refractivity contribution in [3.05, 3.63) is 122 Å². The van der Waals surface area contributed by atoms with Crippen molar-refractivity contribution in [2.75, 3.05) is 13.2 Å². The topological polar surface area (TPSA) is 78.9 Å². The van der Waals surface area contributed by atoms with E-state index in [-0.39, 0.29) is 37.5 Å². The lowest BCUT2D eigenvalue weighted by Crippen LogP contribution is -2.30. The van der Waals surface area contributed by atoms with Crippen LogP contribution in [0.15, 0.2) is 122 Å². The third-order valence-corrected chi connectivity index (χ3v) is 14.9. The summed E-state index contributed by atoms with van der Waals surface area (Å²) >= 11 is 0. The zero-order valence-electron chi connectivity index (χ0n) is 54.4. The monoisotopic (exact) mass is 1150 g/mol. The van der Waals surface area contributed by atoms with Crippen LogP contribution in [0.5, 0.6) is 0 Å². The molecular weight excluding hydrogens is 1020 g/mol. The molecule has 474 valence electrons. The van der Waals surface area contributed by atoms with Crippen molar-refractivity contribution in [1.29, 1.82) is 0 Å². The van der Waals surface area contributed by atoms with Gasteiger partial charge in [0.05, 0.1) is 0 Å². The molecule has 0 aromatic rings. The van der Waals surface area contributed by atoms with Gasteiger partial charge in [0.15, 0.2) is 6.10 Å². The first-order valence-electron chi connectivity index (χ1n) is 35.0. The summed E-state index contributed by atoms with van der Waals surface area (Å²) in [4.78, 5) is 38.4. The van der Waals surface area contributed by atoms with Gasteiger partial charge in [-0.25, -0.2) is 0 Å². The molecule has 1 unspecified atom stereocenters. The molecule has 0 spiro atoms. The van der Waals surface area contributed by atoms with Crippen LogP contribution in [-0.4, -0.2) is 37.2 Å². The van der Waals surface area contributed by atoms with Crippen LogP contribution in [0.2, 0.25) is 0 Å². The molecule has 0 aromatic carbocycles. The number of allylic oxidation sites excluding steroid dienone is 20. The van der Waals surface area contributed by atoms with Crippen LogP contribution in [0.1, 0.15) is 329 Å². The highest BCUT2D eigenvalue weighted by Crippen LogP contribution is 2.17. The summed E-state index contributed by atoms with van der Waals surface area (Å²) in [6.07, 6.45) is 98.2. The van der Waals surface area contributed by atoms with E-state index >= 15 is 0 Å². The first-order chi connectivity index (χ1) is 41.0. The Morgan fingerprint density at radius 3 is 0.819 bits per heavy atom. The van der Waals surface area contributed by atoms with Crippen molar-refractivity contribution >= 4 is 17.9 Å². The molecule has 0 aliphatic heterocycles. The van der Waals surface area contributed by atoms with E-state index < -0.39 is 6.10 Å². The molecular formula is C77H130O6. The van der Waals surface area contributed by atoms with E-state index in [1.54, 1.807) is 0 Å². The Hall–Kier alpha value is -4.19. The molecule has 0 aliphatic rings. The van der Waals surface area contributed by atoms with Gasteiger partial charge < -0.3 is 14.2 Å². The van der Waals surface area contributed by atoms with Gasteiger partial charge in [0.25, 0.3) is 0 Å². The summed E-state index contributed by atoms with van der Waals surface area (Å²) in [5.41, 5.74) is 0. The molecule has 0 heterocycles. The Balaban J connectivity index is 4.30. The lowest BCUT2D eigenvalue weighted by Gasteiger charge is -2.18. The lowest BCUT2D eigenvalue weighted by molar-refractivity contribution is -0.166. The number of ether oxygens (including phenoxy) is 3. The summed E-state index contributed by atoms with van der Waals surface area (Å²) < 4.78 is 16.9. The predicted molar refractivity (Wildman–Crippen MR) is 362 cm³/mol. The van der Waals surface area contributed by atoms with E-state index in [0.717, 1.165) is 96.3 Å². The maximum atomic E-state index is 12.9. The quantitative estimate of drug-likeness (QED) is 0.0261. The minimum atomic E-state index is -0.811. The maximum absolute atomic E-state index is 12.9. The lowest BCUT2D eigenvalue weighted by atomic mass is 10.0. The normalized spacial score (nSPS) is 12.9. The number of hydrogen-bond donors (Lipinski definition) is 0. The first kappa shape index (κ1) is 78.8. The van der Waals surface area contributed by atoms with Crippen molar-refractivity contribution in [2.24, 2.45) is 0 Å². The maximum Gasteiger partial charge on any atom is 0.306 e. The number of hydrogen-bond acceptors (Lipinski definition) is 6. The van der Waals surface area contributed by atoms with Gasteiger partial charge in [0.2, 0.25) is 0 Å². The molecule has 0 fully saturated rings. The van der Waals surface area contributed by atoms with E-state index in [9.17, 15) is 14.4 Å². The second-order valence-electron chi connectivity index (χ2n) is 23.0. The number of rotatable bonds is 63. The average molecular weight is 1150 g/mol. The largest absolute Gasteiger partial charge is 0.462 e. The summed E-state index contributed by atoms with van der Waals surface area (Å²) in [5, 5.41) is 0. The van der Waals surface area contributed by atoms with Gasteiger partial charge in [-0.05, 0) is 116 Å². The van der Waals surface area contributed by atoms with Gasteiger partial charge in [-0.1, -0.05) is 316 Å². The van der Waals surface area contributed by atoms with Crippen molar-refractivity contribution in [3.63, 3.8) is 0 Å². The van der Waals surface area contributed by atoms with Crippen LogP contribution in [-0.2, 0) is 28.6 Å². The third-order valence-electron chi connectivity index (χ3n) is 14.9. The molecule has 0 aromatic heterocycles. The standard InChI is InChI=1S/C77H130O6/c1-4-7-10-13-16-19-22-25-27-29-31-33-35-36-37-38-39-40-42-43-45-47-49-52-55-58-61-64-67-70-76(79)82-73-74(72-81-75(78)69-66-63-60-57-54-51-24-21-18-15-12-9-6-3)83-77(80)71-68-65-62-59-56-53-50-48-46-44-41-34-32-30-28-26-23-20-17-14-11-8-5-2/h7,9-10,12,16,18-19,21,25,27,30-33,36-37,51,54,60,63,74H,4-6,8,11,13-15,17,20,22-24,26,28-29,34-35,38-50,52-53,55-59,61-62,64-73H2,1-3H3/b10-7-,12-9-,19-16-,21-18-,27-25-,32-30-,33-31-,37-36-,54-51-,63-60-. The summed E-state index contributed by atoms with van der Waals surface area (Å²) in [7, 11) is 0. The predicted octanol–water partition coefficient (Wildman–Crippen LogP) is 24.3. The van der Waals surface area contributed by atoms with Crippen LogP contribution in [0.25, 0.3) is 0 Å². The minimum absolute atomic E-state index is 0.101. The summed E-state index contributed by atoms with van der Waals surface area (Å²) in [6, 6.07) is 0. The molecule has 0 saturated heterocycles. The molecule has 1 atom stereocenters. The van der Waals surface area contributed by atoms with Crippen LogP contribution in [0.3, 0.4) is 0 Å². The molecule has 0 N–H and O–H groups in total. The van der Waals surface area contributed by atoms with Crippen LogP contribution >= 0.6 is 0 Å². The first-order valence-corrected chi connectivity index (χ1v) is 35.0. The second kappa shape index (κ2) is 70.3. The zero-order chi connectivity index (χ0) is 59.9. The molecule has 0 amide bonds. The van der Waals surface area contributed by atoms with Crippen molar-refractivity contribution in [2.45, 2.75) is 335 Å². The number of carbonyl (C=O) groups is 3. The number of carbonyl (C=O) groups excluding carboxylic acids is 3. The highest BCUT2D eigenvalue weighted by Gasteiger charge is 2.19. The van der Waals surface area contributed by atoms with Gasteiger partial charge in [0, 0.05) is 19.3 Å². The van der Waals surface area contributed by atoms with Crippen molar-refractivity contribution < 1.29 is 28.6 Å². The smallest absolute Gasteiger partial charge is 0.306 e. The zero-order valence-corrected chi connectivity index (χ0v) is 54.4. The van der Waals surface area contributed by atoms with Crippen LogP contribution in [0, 0.1) is 0 Å². The van der Waals surface area contributed by atoms with Crippen molar-refractivity contribution in [1.82, 2.24) is 0 Å². The Labute approximate surface area is 513 Å². The van der Waals surface area contributed by atoms with Gasteiger partial charge >= 0.3 is 17.9 Å². The molecule has 6 nitrogen and oxygen atoms in total. The molecule has 0 bridgehead atoms. The van der Waals surface area contributed by atoms with Crippen LogP contribution in [0.4, 0.5) is 0 Å². The van der Waals surface area contributed by atoms with E-state index in [2.05, 4.69) is 136 Å². The third kappa shape index (κ3) is 68.5. The molecule has 0 saturated carbocycles. The SMILES string of the molecule is CC/C=C\C/C=C\C/C=C\C/C=C\C/C=C\CCCCCCCCCCCCCCCC(=O)OCC(COC(=O)CC/C=C\C/C=C\C/C=C\C/C=C\CC)OC(=O)CCCCCCCCCCCCC/C=C\CCCCCCCCCC. The summed E-state index contributed by atoms with van der Waals surface area (Å²) in [5.74, 6) is -0.978. The summed E-state index contributed by atoms with van der Waals surface area (Å²) in [6.45, 7) is 6.38. The molecule has 0 radical (unpaired) electrons. The van der Waals surface area contributed by atoms with E-state index in [4.69, 9.17) is 14.2 Å². The van der Waals surface area contributed by atoms with Crippen molar-refractivity contribution in [3.8, 4) is 0 Å². The highest BCUT2D eigenvalue weighted by atomic mass is 16.6. The van der Waals surface area contributed by atoms with Gasteiger partial charge in [-0.15, -0.1) is 0 Å². The molecule has 6 heteroatoms. The molecule has 83 heavy (non-hydrogen) atoms.